The van der Waals surface area contributed by atoms with Crippen LogP contribution < -0.4 is 4.74 Å². The maximum absolute atomic E-state index is 5.55. The Bertz CT molecular complexity index is 463. The molecule has 0 N–H and O–H groups in total. The summed E-state index contributed by atoms with van der Waals surface area (Å²) in [5.74, 6) is 1.68. The molecule has 0 amide bonds. The predicted octanol–water partition coefficient (Wildman–Crippen LogP) is 3.19. The second-order valence-corrected chi connectivity index (χ2v) is 3.89. The Hall–Kier alpha value is -1.77. The van der Waals surface area contributed by atoms with Gasteiger partial charge in [-0.25, -0.2) is 4.99 Å². The lowest BCUT2D eigenvalue weighted by Crippen LogP contribution is -2.15. The number of allylic oxidation sites excluding steroid dienone is 2. The Morgan fingerprint density at radius 1 is 1.12 bits per heavy atom. The summed E-state index contributed by atoms with van der Waals surface area (Å²) in [5, 5.41) is 0. The van der Waals surface area contributed by atoms with Gasteiger partial charge in [0.15, 0.2) is 0 Å². The van der Waals surface area contributed by atoms with Crippen LogP contribution in [0.4, 0.5) is 5.69 Å². The number of benzene rings is 1. The van der Waals surface area contributed by atoms with E-state index in [-0.39, 0.29) is 6.79 Å². The van der Waals surface area contributed by atoms with Gasteiger partial charge in [0.1, 0.15) is 17.2 Å². The Kier molecular flexibility index (Phi) is 2.37. The second kappa shape index (κ2) is 4.00. The van der Waals surface area contributed by atoms with E-state index in [1.165, 1.54) is 0 Å². The van der Waals surface area contributed by atoms with Gasteiger partial charge in [0, 0.05) is 0 Å². The number of aliphatic imine (C=N–C) groups is 1. The molecular weight excluding hydrogens is 202 g/mol. The highest BCUT2D eigenvalue weighted by Crippen LogP contribution is 2.31. The van der Waals surface area contributed by atoms with E-state index < -0.39 is 0 Å². The summed E-state index contributed by atoms with van der Waals surface area (Å²) >= 11 is 0. The van der Waals surface area contributed by atoms with Crippen LogP contribution in [0.15, 0.2) is 41.1 Å². The van der Waals surface area contributed by atoms with Gasteiger partial charge < -0.3 is 9.47 Å². The third-order valence-corrected chi connectivity index (χ3v) is 2.78. The standard InChI is InChI=1S/C13H13NO2/c1-3-7-12-10(5-1)14-11-6-2-4-8-13(11)16-9-15-12/h1,3,5,7-8H,2,4,6,9H2. The lowest BCUT2D eigenvalue weighted by molar-refractivity contribution is 0.0683. The molecule has 3 nitrogen and oxygen atoms in total. The molecule has 1 aliphatic heterocycles. The van der Waals surface area contributed by atoms with Crippen molar-refractivity contribution in [2.75, 3.05) is 6.79 Å². The van der Waals surface area contributed by atoms with Crippen molar-refractivity contribution in [2.45, 2.75) is 19.3 Å². The summed E-state index contributed by atoms with van der Waals surface area (Å²) in [4.78, 5) is 4.62. The minimum Gasteiger partial charge on any atom is -0.456 e. The van der Waals surface area contributed by atoms with Gasteiger partial charge >= 0.3 is 0 Å². The van der Waals surface area contributed by atoms with Gasteiger partial charge in [-0.1, -0.05) is 12.1 Å². The molecule has 0 saturated carbocycles. The first kappa shape index (κ1) is 9.46. The van der Waals surface area contributed by atoms with Gasteiger partial charge in [0.05, 0.1) is 5.71 Å². The first-order chi connectivity index (χ1) is 7.93. The van der Waals surface area contributed by atoms with Crippen molar-refractivity contribution in [3.63, 3.8) is 0 Å². The molecule has 0 spiro atoms. The van der Waals surface area contributed by atoms with E-state index in [4.69, 9.17) is 9.47 Å². The van der Waals surface area contributed by atoms with Crippen molar-refractivity contribution < 1.29 is 9.47 Å². The van der Waals surface area contributed by atoms with Crippen molar-refractivity contribution in [1.29, 1.82) is 0 Å². The van der Waals surface area contributed by atoms with Crippen molar-refractivity contribution in [1.82, 2.24) is 0 Å². The summed E-state index contributed by atoms with van der Waals surface area (Å²) < 4.78 is 11.1. The zero-order chi connectivity index (χ0) is 10.8. The average molecular weight is 215 g/mol. The summed E-state index contributed by atoms with van der Waals surface area (Å²) in [6, 6.07) is 7.80. The van der Waals surface area contributed by atoms with Crippen LogP contribution in [0.5, 0.6) is 5.75 Å². The molecule has 3 heteroatoms. The van der Waals surface area contributed by atoms with E-state index in [9.17, 15) is 0 Å². The van der Waals surface area contributed by atoms with E-state index in [1.807, 2.05) is 24.3 Å². The SMILES string of the molecule is C1=C2OCOc3ccccc3N=C2CCC1. The predicted molar refractivity (Wildman–Crippen MR) is 62.1 cm³/mol. The molecule has 1 heterocycles. The molecule has 0 radical (unpaired) electrons. The van der Waals surface area contributed by atoms with Crippen LogP contribution in [0.3, 0.4) is 0 Å². The van der Waals surface area contributed by atoms with E-state index in [2.05, 4.69) is 11.1 Å². The van der Waals surface area contributed by atoms with E-state index >= 15 is 0 Å². The number of hydrogen-bond acceptors (Lipinski definition) is 3. The fraction of sp³-hybridized carbons (Fsp3) is 0.308. The van der Waals surface area contributed by atoms with Crippen molar-refractivity contribution in [3.8, 4) is 5.75 Å². The maximum Gasteiger partial charge on any atom is 0.231 e. The minimum absolute atomic E-state index is 0.266. The van der Waals surface area contributed by atoms with Crippen LogP contribution in [0, 0.1) is 0 Å². The van der Waals surface area contributed by atoms with E-state index in [0.717, 1.165) is 42.2 Å². The van der Waals surface area contributed by atoms with Gasteiger partial charge in [0.2, 0.25) is 6.79 Å². The third-order valence-electron chi connectivity index (χ3n) is 2.78. The van der Waals surface area contributed by atoms with Gasteiger partial charge in [-0.15, -0.1) is 0 Å². The lowest BCUT2D eigenvalue weighted by atomic mass is 10.0. The Morgan fingerprint density at radius 2 is 2.06 bits per heavy atom. The number of ether oxygens (including phenoxy) is 2. The molecule has 3 rings (SSSR count). The maximum atomic E-state index is 5.55. The summed E-state index contributed by atoms with van der Waals surface area (Å²) in [6.07, 6.45) is 5.30. The molecule has 82 valence electrons. The molecule has 1 aromatic rings. The fourth-order valence-corrected chi connectivity index (χ4v) is 1.97. The van der Waals surface area contributed by atoms with Gasteiger partial charge in [0.25, 0.3) is 0 Å². The van der Waals surface area contributed by atoms with Crippen LogP contribution in [0.2, 0.25) is 0 Å². The van der Waals surface area contributed by atoms with E-state index in [1.54, 1.807) is 0 Å². The average Bonchev–Trinajstić information content (AvgIpc) is 2.29. The number of nitrogens with zero attached hydrogens (tertiary/aromatic N) is 1. The highest BCUT2D eigenvalue weighted by molar-refractivity contribution is 6.01. The lowest BCUT2D eigenvalue weighted by Gasteiger charge is -2.20. The smallest absolute Gasteiger partial charge is 0.231 e. The van der Waals surface area contributed by atoms with Crippen LogP contribution in [0.1, 0.15) is 19.3 Å². The number of fused-ring (bicyclic) bond motifs is 2. The second-order valence-electron chi connectivity index (χ2n) is 3.89. The molecule has 0 bridgehead atoms. The van der Waals surface area contributed by atoms with Crippen LogP contribution in [-0.2, 0) is 4.74 Å². The molecular formula is C13H13NO2. The van der Waals surface area contributed by atoms with Crippen molar-refractivity contribution in [3.05, 3.63) is 36.1 Å². The summed E-state index contributed by atoms with van der Waals surface area (Å²) in [6.45, 7) is 0.266. The third kappa shape index (κ3) is 1.69. The summed E-state index contributed by atoms with van der Waals surface area (Å²) in [5.41, 5.74) is 1.94. The van der Waals surface area contributed by atoms with E-state index in [0.29, 0.717) is 0 Å². The van der Waals surface area contributed by atoms with Crippen LogP contribution in [0.25, 0.3) is 0 Å². The first-order valence-corrected chi connectivity index (χ1v) is 5.56. The highest BCUT2D eigenvalue weighted by Gasteiger charge is 2.16. The summed E-state index contributed by atoms with van der Waals surface area (Å²) in [7, 11) is 0. The number of hydrogen-bond donors (Lipinski definition) is 0. The molecule has 1 aliphatic carbocycles. The Balaban J connectivity index is 2.07. The zero-order valence-corrected chi connectivity index (χ0v) is 8.98. The zero-order valence-electron chi connectivity index (χ0n) is 8.98. The molecule has 0 unspecified atom stereocenters. The van der Waals surface area contributed by atoms with Crippen LogP contribution in [-0.4, -0.2) is 12.5 Å². The minimum atomic E-state index is 0.266. The largest absolute Gasteiger partial charge is 0.456 e. The molecule has 0 aromatic heterocycles. The quantitative estimate of drug-likeness (QED) is 0.665. The van der Waals surface area contributed by atoms with Crippen molar-refractivity contribution in [2.24, 2.45) is 4.99 Å². The molecule has 1 aromatic carbocycles. The molecule has 16 heavy (non-hydrogen) atoms. The molecule has 2 aliphatic rings. The molecule has 0 fully saturated rings. The normalized spacial score (nSPS) is 18.8. The monoisotopic (exact) mass is 215 g/mol. The van der Waals surface area contributed by atoms with Crippen molar-refractivity contribution >= 4 is 11.4 Å². The molecule has 0 saturated heterocycles. The molecule has 0 atom stereocenters. The fourth-order valence-electron chi connectivity index (χ4n) is 1.97. The van der Waals surface area contributed by atoms with Gasteiger partial charge in [-0.3, -0.25) is 0 Å². The Morgan fingerprint density at radius 3 is 3.06 bits per heavy atom. The van der Waals surface area contributed by atoms with Crippen LogP contribution >= 0.6 is 0 Å². The first-order valence-electron chi connectivity index (χ1n) is 5.56. The van der Waals surface area contributed by atoms with Gasteiger partial charge in [-0.05, 0) is 37.5 Å². The topological polar surface area (TPSA) is 30.8 Å². The van der Waals surface area contributed by atoms with Gasteiger partial charge in [-0.2, -0.15) is 0 Å². The number of para-hydroxylation sites is 2. The highest BCUT2D eigenvalue weighted by atomic mass is 16.7. The Labute approximate surface area is 94.4 Å². The number of rotatable bonds is 0.